The lowest BCUT2D eigenvalue weighted by Gasteiger charge is -2.08. The average Bonchev–Trinajstić information content (AvgIpc) is 2.83. The fourth-order valence-corrected chi connectivity index (χ4v) is 2.44. The minimum absolute atomic E-state index is 0.0324. The zero-order valence-corrected chi connectivity index (χ0v) is 10.1. The first kappa shape index (κ1) is 10.5. The van der Waals surface area contributed by atoms with Gasteiger partial charge in [0.1, 0.15) is 5.82 Å². The number of aryl methyl sites for hydroxylation is 1. The summed E-state index contributed by atoms with van der Waals surface area (Å²) in [5.41, 5.74) is 1.96. The van der Waals surface area contributed by atoms with Gasteiger partial charge in [-0.1, -0.05) is 23.7 Å². The first-order valence-corrected chi connectivity index (χ1v) is 5.83. The molecule has 3 rings (SSSR count). The van der Waals surface area contributed by atoms with Crippen LogP contribution in [0.2, 0.25) is 5.02 Å². The minimum Gasteiger partial charge on any atom is -0.369 e. The Morgan fingerprint density at radius 1 is 1.35 bits per heavy atom. The standard InChI is InChI=1S/C12H12ClN3O/c1-16-12(17)10-9(6-14-11(10)15-16)7-2-4-8(13)5-3-7/h2-5,9,14-15H,6H2,1H3. The van der Waals surface area contributed by atoms with E-state index in [1.54, 1.807) is 7.05 Å². The van der Waals surface area contributed by atoms with E-state index in [0.29, 0.717) is 5.02 Å². The molecule has 1 aromatic heterocycles. The summed E-state index contributed by atoms with van der Waals surface area (Å²) in [6, 6.07) is 7.64. The minimum atomic E-state index is 0.0324. The van der Waals surface area contributed by atoms with Gasteiger partial charge in [-0.15, -0.1) is 0 Å². The molecule has 0 radical (unpaired) electrons. The number of aromatic amines is 1. The number of H-pyrrole nitrogens is 1. The van der Waals surface area contributed by atoms with Crippen LogP contribution in [0.15, 0.2) is 29.1 Å². The highest BCUT2D eigenvalue weighted by molar-refractivity contribution is 6.30. The van der Waals surface area contributed by atoms with Crippen molar-refractivity contribution in [3.05, 3.63) is 50.8 Å². The third kappa shape index (κ3) is 1.56. The normalized spacial score (nSPS) is 17.9. The number of anilines is 1. The highest BCUT2D eigenvalue weighted by atomic mass is 35.5. The van der Waals surface area contributed by atoms with Crippen molar-refractivity contribution in [3.8, 4) is 0 Å². The zero-order valence-electron chi connectivity index (χ0n) is 9.33. The highest BCUT2D eigenvalue weighted by Gasteiger charge is 2.29. The summed E-state index contributed by atoms with van der Waals surface area (Å²) in [6.45, 7) is 0.749. The molecule has 1 aromatic carbocycles. The molecule has 1 atom stereocenters. The molecule has 17 heavy (non-hydrogen) atoms. The summed E-state index contributed by atoms with van der Waals surface area (Å²) in [7, 11) is 1.72. The van der Waals surface area contributed by atoms with Crippen molar-refractivity contribution in [2.45, 2.75) is 5.92 Å². The van der Waals surface area contributed by atoms with Crippen LogP contribution in [0.4, 0.5) is 5.82 Å². The maximum Gasteiger partial charge on any atom is 0.272 e. The molecule has 2 heterocycles. The monoisotopic (exact) mass is 249 g/mol. The van der Waals surface area contributed by atoms with E-state index in [1.807, 2.05) is 24.3 Å². The smallest absolute Gasteiger partial charge is 0.272 e. The first-order chi connectivity index (χ1) is 8.16. The maximum atomic E-state index is 12.0. The third-order valence-electron chi connectivity index (χ3n) is 3.19. The van der Waals surface area contributed by atoms with Gasteiger partial charge in [-0.25, -0.2) is 0 Å². The van der Waals surface area contributed by atoms with E-state index in [0.717, 1.165) is 23.5 Å². The number of benzene rings is 1. The quantitative estimate of drug-likeness (QED) is 0.811. The molecule has 0 aliphatic carbocycles. The van der Waals surface area contributed by atoms with Gasteiger partial charge in [-0.05, 0) is 17.7 Å². The summed E-state index contributed by atoms with van der Waals surface area (Å²) < 4.78 is 1.50. The van der Waals surface area contributed by atoms with Crippen molar-refractivity contribution in [1.82, 2.24) is 9.78 Å². The second-order valence-electron chi connectivity index (χ2n) is 4.25. The molecule has 1 unspecified atom stereocenters. The first-order valence-electron chi connectivity index (χ1n) is 5.45. The van der Waals surface area contributed by atoms with Gasteiger partial charge < -0.3 is 5.32 Å². The number of aromatic nitrogens is 2. The van der Waals surface area contributed by atoms with Crippen LogP contribution < -0.4 is 10.9 Å². The summed E-state index contributed by atoms with van der Waals surface area (Å²) in [5, 5.41) is 6.93. The summed E-state index contributed by atoms with van der Waals surface area (Å²) in [5.74, 6) is 0.935. The van der Waals surface area contributed by atoms with Gasteiger partial charge in [0.05, 0.1) is 5.56 Å². The topological polar surface area (TPSA) is 49.8 Å². The number of halogens is 1. The molecule has 5 heteroatoms. The summed E-state index contributed by atoms with van der Waals surface area (Å²) in [4.78, 5) is 12.0. The van der Waals surface area contributed by atoms with Crippen LogP contribution in [-0.2, 0) is 7.05 Å². The van der Waals surface area contributed by atoms with Crippen LogP contribution in [0.25, 0.3) is 0 Å². The van der Waals surface area contributed by atoms with E-state index in [4.69, 9.17) is 11.6 Å². The molecular weight excluding hydrogens is 238 g/mol. The van der Waals surface area contributed by atoms with Gasteiger partial charge in [0.15, 0.2) is 0 Å². The molecule has 2 aromatic rings. The number of nitrogens with one attached hydrogen (secondary N) is 2. The van der Waals surface area contributed by atoms with E-state index in [1.165, 1.54) is 4.68 Å². The van der Waals surface area contributed by atoms with Crippen LogP contribution in [0.5, 0.6) is 0 Å². The molecule has 88 valence electrons. The Labute approximate surface area is 103 Å². The van der Waals surface area contributed by atoms with E-state index < -0.39 is 0 Å². The Morgan fingerprint density at radius 3 is 2.76 bits per heavy atom. The number of hydrogen-bond donors (Lipinski definition) is 2. The predicted molar refractivity (Wildman–Crippen MR) is 67.8 cm³/mol. The van der Waals surface area contributed by atoms with Gasteiger partial charge in [0.25, 0.3) is 5.56 Å². The molecular formula is C12H12ClN3O. The number of hydrogen-bond acceptors (Lipinski definition) is 2. The fourth-order valence-electron chi connectivity index (χ4n) is 2.31. The van der Waals surface area contributed by atoms with Gasteiger partial charge in [-0.2, -0.15) is 0 Å². The van der Waals surface area contributed by atoms with E-state index in [-0.39, 0.29) is 11.5 Å². The number of fused-ring (bicyclic) bond motifs is 1. The van der Waals surface area contributed by atoms with E-state index >= 15 is 0 Å². The van der Waals surface area contributed by atoms with Crippen molar-refractivity contribution in [1.29, 1.82) is 0 Å². The van der Waals surface area contributed by atoms with Crippen LogP contribution in [0.1, 0.15) is 17.0 Å². The number of nitrogens with zero attached hydrogens (tertiary/aromatic N) is 1. The SMILES string of the molecule is Cn1[nH]c2c(c1=O)C(c1ccc(Cl)cc1)CN2. The van der Waals surface area contributed by atoms with Crippen molar-refractivity contribution >= 4 is 17.4 Å². The van der Waals surface area contributed by atoms with Crippen molar-refractivity contribution in [2.24, 2.45) is 7.05 Å². The van der Waals surface area contributed by atoms with Crippen LogP contribution in [0.3, 0.4) is 0 Å². The molecule has 0 saturated carbocycles. The average molecular weight is 250 g/mol. The largest absolute Gasteiger partial charge is 0.369 e. The van der Waals surface area contributed by atoms with Gasteiger partial charge >= 0.3 is 0 Å². The van der Waals surface area contributed by atoms with Gasteiger partial charge in [0, 0.05) is 24.5 Å². The Kier molecular flexibility index (Phi) is 2.26. The lowest BCUT2D eigenvalue weighted by molar-refractivity contribution is 0.725. The molecule has 0 saturated heterocycles. The number of rotatable bonds is 1. The summed E-state index contributed by atoms with van der Waals surface area (Å²) in [6.07, 6.45) is 0. The second kappa shape index (κ2) is 3.67. The zero-order chi connectivity index (χ0) is 12.0. The van der Waals surface area contributed by atoms with Crippen molar-refractivity contribution < 1.29 is 0 Å². The fraction of sp³-hybridized carbons (Fsp3) is 0.250. The third-order valence-corrected chi connectivity index (χ3v) is 3.44. The molecule has 4 nitrogen and oxygen atoms in total. The second-order valence-corrected chi connectivity index (χ2v) is 4.69. The molecule has 1 aliphatic rings. The van der Waals surface area contributed by atoms with E-state index in [9.17, 15) is 4.79 Å². The van der Waals surface area contributed by atoms with Gasteiger partial charge in [-0.3, -0.25) is 14.6 Å². The summed E-state index contributed by atoms with van der Waals surface area (Å²) >= 11 is 5.87. The van der Waals surface area contributed by atoms with Crippen molar-refractivity contribution in [3.63, 3.8) is 0 Å². The molecule has 1 aliphatic heterocycles. The van der Waals surface area contributed by atoms with Crippen LogP contribution in [0, 0.1) is 0 Å². The predicted octanol–water partition coefficient (Wildman–Crippen LogP) is 1.92. The Balaban J connectivity index is 2.09. The Hall–Kier alpha value is -1.68. The highest BCUT2D eigenvalue weighted by Crippen LogP contribution is 2.32. The van der Waals surface area contributed by atoms with Crippen LogP contribution >= 0.6 is 11.6 Å². The van der Waals surface area contributed by atoms with Crippen LogP contribution in [-0.4, -0.2) is 16.3 Å². The van der Waals surface area contributed by atoms with E-state index in [2.05, 4.69) is 10.4 Å². The maximum absolute atomic E-state index is 12.0. The Morgan fingerprint density at radius 2 is 2.06 bits per heavy atom. The molecule has 0 spiro atoms. The lowest BCUT2D eigenvalue weighted by Crippen LogP contribution is -2.19. The molecule has 0 amide bonds. The van der Waals surface area contributed by atoms with Gasteiger partial charge in [0.2, 0.25) is 0 Å². The Bertz CT molecular complexity index is 612. The lowest BCUT2D eigenvalue weighted by atomic mass is 9.95. The molecule has 2 N–H and O–H groups in total. The molecule has 0 fully saturated rings. The molecule has 0 bridgehead atoms. The van der Waals surface area contributed by atoms with Crippen molar-refractivity contribution in [2.75, 3.05) is 11.9 Å².